The quantitative estimate of drug-likeness (QED) is 0.610. The van der Waals surface area contributed by atoms with Crippen molar-refractivity contribution < 1.29 is 4.79 Å². The van der Waals surface area contributed by atoms with Gasteiger partial charge in [-0.1, -0.05) is 18.2 Å². The van der Waals surface area contributed by atoms with E-state index in [1.54, 1.807) is 6.20 Å². The minimum Gasteiger partial charge on any atom is -0.370 e. The van der Waals surface area contributed by atoms with E-state index in [0.717, 1.165) is 24.7 Å². The molecule has 4 rings (SSSR count). The van der Waals surface area contributed by atoms with Crippen LogP contribution in [0.5, 0.6) is 0 Å². The maximum atomic E-state index is 12.3. The van der Waals surface area contributed by atoms with Gasteiger partial charge >= 0.3 is 0 Å². The fourth-order valence-corrected chi connectivity index (χ4v) is 3.19. The van der Waals surface area contributed by atoms with Crippen LogP contribution in [0.15, 0.2) is 42.7 Å². The monoisotopic (exact) mass is 348 g/mol. The van der Waals surface area contributed by atoms with Crippen molar-refractivity contribution in [2.75, 3.05) is 18.4 Å². The zero-order chi connectivity index (χ0) is 17.9. The molecule has 0 aliphatic heterocycles. The zero-order valence-electron chi connectivity index (χ0n) is 15.0. The van der Waals surface area contributed by atoms with Gasteiger partial charge in [0.15, 0.2) is 0 Å². The molecule has 3 aromatic rings. The Labute approximate surface area is 153 Å². The van der Waals surface area contributed by atoms with Crippen LogP contribution in [-0.2, 0) is 6.42 Å². The number of nitrogens with zero attached hydrogens (tertiary/aromatic N) is 1. The first kappa shape index (κ1) is 16.6. The number of pyridine rings is 1. The summed E-state index contributed by atoms with van der Waals surface area (Å²) in [6.07, 6.45) is 7.09. The lowest BCUT2D eigenvalue weighted by Crippen LogP contribution is -2.25. The SMILES string of the molecule is Cc1cccc2c(CCNC(=O)c3ccc(NCC4CC4)nc3)c[nH]c12. The Hall–Kier alpha value is -2.82. The highest BCUT2D eigenvalue weighted by Gasteiger charge is 2.20. The topological polar surface area (TPSA) is 69.8 Å². The van der Waals surface area contributed by atoms with E-state index in [2.05, 4.69) is 45.7 Å². The van der Waals surface area contributed by atoms with Gasteiger partial charge in [0.2, 0.25) is 0 Å². The molecule has 1 aliphatic carbocycles. The first-order valence-corrected chi connectivity index (χ1v) is 9.24. The van der Waals surface area contributed by atoms with Gasteiger partial charge in [0.25, 0.3) is 5.91 Å². The van der Waals surface area contributed by atoms with Crippen LogP contribution < -0.4 is 10.6 Å². The molecule has 1 amide bonds. The summed E-state index contributed by atoms with van der Waals surface area (Å²) in [5.41, 5.74) is 4.23. The van der Waals surface area contributed by atoms with Crippen molar-refractivity contribution in [2.45, 2.75) is 26.2 Å². The van der Waals surface area contributed by atoms with Gasteiger partial charge in [-0.05, 0) is 55.4 Å². The maximum absolute atomic E-state index is 12.3. The summed E-state index contributed by atoms with van der Waals surface area (Å²) < 4.78 is 0. The van der Waals surface area contributed by atoms with Crippen LogP contribution in [0, 0.1) is 12.8 Å². The molecule has 2 heterocycles. The second-order valence-electron chi connectivity index (χ2n) is 7.07. The Balaban J connectivity index is 1.31. The summed E-state index contributed by atoms with van der Waals surface area (Å²) in [6.45, 7) is 3.67. The van der Waals surface area contributed by atoms with E-state index in [0.29, 0.717) is 12.1 Å². The van der Waals surface area contributed by atoms with Crippen LogP contribution in [0.25, 0.3) is 10.9 Å². The van der Waals surface area contributed by atoms with Crippen LogP contribution in [0.2, 0.25) is 0 Å². The van der Waals surface area contributed by atoms with Gasteiger partial charge in [-0.25, -0.2) is 4.98 Å². The zero-order valence-corrected chi connectivity index (χ0v) is 15.0. The van der Waals surface area contributed by atoms with Crippen molar-refractivity contribution in [1.29, 1.82) is 0 Å². The molecule has 1 aliphatic rings. The molecule has 0 radical (unpaired) electrons. The number of H-pyrrole nitrogens is 1. The van der Waals surface area contributed by atoms with E-state index < -0.39 is 0 Å². The second-order valence-corrected chi connectivity index (χ2v) is 7.07. The number of carbonyl (C=O) groups is 1. The summed E-state index contributed by atoms with van der Waals surface area (Å²) >= 11 is 0. The summed E-state index contributed by atoms with van der Waals surface area (Å²) in [4.78, 5) is 20.0. The molecule has 0 spiro atoms. The molecular formula is C21H24N4O. The predicted octanol–water partition coefficient (Wildman–Crippen LogP) is 3.67. The number of fused-ring (bicyclic) bond motifs is 1. The highest BCUT2D eigenvalue weighted by Crippen LogP contribution is 2.28. The Morgan fingerprint density at radius 2 is 2.15 bits per heavy atom. The molecule has 2 aromatic heterocycles. The van der Waals surface area contributed by atoms with Crippen LogP contribution in [0.1, 0.15) is 34.3 Å². The lowest BCUT2D eigenvalue weighted by atomic mass is 10.1. The third-order valence-electron chi connectivity index (χ3n) is 4.98. The minimum absolute atomic E-state index is 0.0812. The lowest BCUT2D eigenvalue weighted by molar-refractivity contribution is 0.0954. The number of aryl methyl sites for hydroxylation is 1. The highest BCUT2D eigenvalue weighted by molar-refractivity contribution is 5.94. The number of hydrogen-bond donors (Lipinski definition) is 3. The number of amides is 1. The molecule has 1 aromatic carbocycles. The number of nitrogens with one attached hydrogen (secondary N) is 3. The molecule has 0 saturated heterocycles. The number of anilines is 1. The van der Waals surface area contributed by atoms with E-state index in [1.165, 1.54) is 34.9 Å². The number of aromatic amines is 1. The van der Waals surface area contributed by atoms with Crippen molar-refractivity contribution in [3.05, 3.63) is 59.4 Å². The Morgan fingerprint density at radius 3 is 2.92 bits per heavy atom. The average molecular weight is 348 g/mol. The van der Waals surface area contributed by atoms with Crippen LogP contribution in [-0.4, -0.2) is 29.0 Å². The second kappa shape index (κ2) is 7.20. The van der Waals surface area contributed by atoms with Gasteiger partial charge in [-0.15, -0.1) is 0 Å². The molecule has 26 heavy (non-hydrogen) atoms. The average Bonchev–Trinajstić information content (AvgIpc) is 3.40. The molecule has 134 valence electrons. The van der Waals surface area contributed by atoms with Crippen molar-refractivity contribution >= 4 is 22.6 Å². The summed E-state index contributed by atoms with van der Waals surface area (Å²) in [5.74, 6) is 1.55. The van der Waals surface area contributed by atoms with Gasteiger partial charge in [-0.2, -0.15) is 0 Å². The summed E-state index contributed by atoms with van der Waals surface area (Å²) in [7, 11) is 0. The number of rotatable bonds is 7. The van der Waals surface area contributed by atoms with E-state index in [1.807, 2.05) is 18.3 Å². The van der Waals surface area contributed by atoms with Crippen LogP contribution in [0.3, 0.4) is 0 Å². The molecule has 1 fully saturated rings. The number of benzene rings is 1. The first-order valence-electron chi connectivity index (χ1n) is 9.24. The fraction of sp³-hybridized carbons (Fsp3) is 0.333. The molecule has 0 bridgehead atoms. The molecular weight excluding hydrogens is 324 g/mol. The first-order chi connectivity index (χ1) is 12.7. The van der Waals surface area contributed by atoms with Gasteiger partial charge in [0, 0.05) is 36.4 Å². The van der Waals surface area contributed by atoms with E-state index in [-0.39, 0.29) is 5.91 Å². The van der Waals surface area contributed by atoms with Crippen molar-refractivity contribution in [1.82, 2.24) is 15.3 Å². The van der Waals surface area contributed by atoms with Crippen LogP contribution in [0.4, 0.5) is 5.82 Å². The van der Waals surface area contributed by atoms with Crippen molar-refractivity contribution in [2.24, 2.45) is 5.92 Å². The van der Waals surface area contributed by atoms with Crippen molar-refractivity contribution in [3.8, 4) is 0 Å². The maximum Gasteiger partial charge on any atom is 0.252 e. The minimum atomic E-state index is -0.0812. The summed E-state index contributed by atoms with van der Waals surface area (Å²) in [5, 5.41) is 7.52. The predicted molar refractivity (Wildman–Crippen MR) is 105 cm³/mol. The van der Waals surface area contributed by atoms with Crippen LogP contribution >= 0.6 is 0 Å². The molecule has 3 N–H and O–H groups in total. The Bertz CT molecular complexity index is 909. The summed E-state index contributed by atoms with van der Waals surface area (Å²) in [6, 6.07) is 9.98. The van der Waals surface area contributed by atoms with E-state index in [9.17, 15) is 4.79 Å². The van der Waals surface area contributed by atoms with E-state index in [4.69, 9.17) is 0 Å². The fourth-order valence-electron chi connectivity index (χ4n) is 3.19. The third-order valence-corrected chi connectivity index (χ3v) is 4.98. The molecule has 0 atom stereocenters. The lowest BCUT2D eigenvalue weighted by Gasteiger charge is -2.07. The number of aromatic nitrogens is 2. The standard InChI is InChI=1S/C21H24N4O/c1-14-3-2-4-18-16(12-25-20(14)18)9-10-22-21(26)17-7-8-19(24-13-17)23-11-15-5-6-15/h2-4,7-8,12-13,15,25H,5-6,9-11H2,1H3,(H,22,26)(H,23,24). The number of carbonyl (C=O) groups excluding carboxylic acids is 1. The largest absolute Gasteiger partial charge is 0.370 e. The Kier molecular flexibility index (Phi) is 4.61. The number of hydrogen-bond acceptors (Lipinski definition) is 3. The normalized spacial score (nSPS) is 13.7. The Morgan fingerprint density at radius 1 is 1.27 bits per heavy atom. The molecule has 5 nitrogen and oxygen atoms in total. The molecule has 5 heteroatoms. The smallest absolute Gasteiger partial charge is 0.252 e. The van der Waals surface area contributed by atoms with E-state index >= 15 is 0 Å². The highest BCUT2D eigenvalue weighted by atomic mass is 16.1. The number of para-hydroxylation sites is 1. The third kappa shape index (κ3) is 3.72. The molecule has 0 unspecified atom stereocenters. The van der Waals surface area contributed by atoms with Crippen molar-refractivity contribution in [3.63, 3.8) is 0 Å². The van der Waals surface area contributed by atoms with Gasteiger partial charge < -0.3 is 15.6 Å². The molecule has 1 saturated carbocycles. The van der Waals surface area contributed by atoms with Gasteiger partial charge in [0.05, 0.1) is 5.56 Å². The van der Waals surface area contributed by atoms with Gasteiger partial charge in [-0.3, -0.25) is 4.79 Å². The van der Waals surface area contributed by atoms with Gasteiger partial charge in [0.1, 0.15) is 5.82 Å².